The van der Waals surface area contributed by atoms with E-state index in [0.29, 0.717) is 44.2 Å². The van der Waals surface area contributed by atoms with Crippen LogP contribution < -0.4 is 5.32 Å². The summed E-state index contributed by atoms with van der Waals surface area (Å²) >= 11 is 0. The van der Waals surface area contributed by atoms with Crippen LogP contribution in [0.1, 0.15) is 59.3 Å². The predicted molar refractivity (Wildman–Crippen MR) is 76.1 cm³/mol. The second-order valence-corrected chi connectivity index (χ2v) is 6.08. The summed E-state index contributed by atoms with van der Waals surface area (Å²) in [4.78, 5) is 10.9. The molecule has 0 saturated heterocycles. The maximum atomic E-state index is 10.9. The van der Waals surface area contributed by atoms with Gasteiger partial charge in [0.15, 0.2) is 0 Å². The molecule has 1 fully saturated rings. The third-order valence-corrected chi connectivity index (χ3v) is 4.77. The lowest BCUT2D eigenvalue weighted by Crippen LogP contribution is -2.48. The predicted octanol–water partition coefficient (Wildman–Crippen LogP) is 2.41. The maximum Gasteiger partial charge on any atom is 0.306 e. The number of rotatable bonds is 7. The van der Waals surface area contributed by atoms with E-state index in [9.17, 15) is 9.90 Å². The van der Waals surface area contributed by atoms with E-state index in [1.807, 2.05) is 0 Å². The number of carboxylic acid groups (broad SMARTS) is 1. The number of nitrogens with one attached hydrogen (secondary N) is 1. The molecular weight excluding hydrogens is 242 g/mol. The average molecular weight is 271 g/mol. The molecule has 112 valence electrons. The van der Waals surface area contributed by atoms with Gasteiger partial charge < -0.3 is 15.5 Å². The van der Waals surface area contributed by atoms with Crippen LogP contribution in [0, 0.1) is 11.8 Å². The highest BCUT2D eigenvalue weighted by atomic mass is 16.4. The Morgan fingerprint density at radius 2 is 1.84 bits per heavy atom. The summed E-state index contributed by atoms with van der Waals surface area (Å²) in [5.41, 5.74) is -0.716. The number of aliphatic carboxylic acids is 1. The van der Waals surface area contributed by atoms with Gasteiger partial charge in [-0.05, 0) is 38.5 Å². The fourth-order valence-electron chi connectivity index (χ4n) is 3.09. The molecule has 0 aliphatic heterocycles. The summed E-state index contributed by atoms with van der Waals surface area (Å²) in [6, 6.07) is 0.399. The van der Waals surface area contributed by atoms with Gasteiger partial charge in [0.25, 0.3) is 0 Å². The summed E-state index contributed by atoms with van der Waals surface area (Å²) in [5.74, 6) is -0.351. The van der Waals surface area contributed by atoms with Crippen LogP contribution in [0.3, 0.4) is 0 Å². The van der Waals surface area contributed by atoms with Gasteiger partial charge >= 0.3 is 5.97 Å². The van der Waals surface area contributed by atoms with Crippen molar-refractivity contribution in [3.05, 3.63) is 0 Å². The van der Waals surface area contributed by atoms with Gasteiger partial charge in [-0.15, -0.1) is 0 Å². The molecule has 0 amide bonds. The molecule has 4 nitrogen and oxygen atoms in total. The van der Waals surface area contributed by atoms with E-state index in [1.54, 1.807) is 0 Å². The first-order valence-corrected chi connectivity index (χ1v) is 7.60. The SMILES string of the molecule is CCC(CC)C(C)NCC1(O)CCC(C(=O)O)CC1. The molecule has 1 aliphatic carbocycles. The highest BCUT2D eigenvalue weighted by Crippen LogP contribution is 2.32. The first-order chi connectivity index (χ1) is 8.91. The van der Waals surface area contributed by atoms with Gasteiger partial charge in [0.2, 0.25) is 0 Å². The molecule has 0 aromatic carbocycles. The number of carbonyl (C=O) groups is 1. The molecule has 1 rings (SSSR count). The summed E-state index contributed by atoms with van der Waals surface area (Å²) in [6.07, 6.45) is 4.65. The molecular formula is C15H29NO3. The summed E-state index contributed by atoms with van der Waals surface area (Å²) in [6.45, 7) is 7.14. The molecule has 1 aliphatic rings. The topological polar surface area (TPSA) is 69.6 Å². The molecule has 0 aromatic rings. The van der Waals surface area contributed by atoms with E-state index in [2.05, 4.69) is 26.1 Å². The molecule has 3 N–H and O–H groups in total. The minimum Gasteiger partial charge on any atom is -0.481 e. The van der Waals surface area contributed by atoms with Crippen molar-refractivity contribution in [2.75, 3.05) is 6.54 Å². The Bertz CT molecular complexity index is 281. The Morgan fingerprint density at radius 3 is 2.26 bits per heavy atom. The van der Waals surface area contributed by atoms with E-state index in [1.165, 1.54) is 0 Å². The fourth-order valence-corrected chi connectivity index (χ4v) is 3.09. The third kappa shape index (κ3) is 4.77. The first-order valence-electron chi connectivity index (χ1n) is 7.60. The van der Waals surface area contributed by atoms with Crippen molar-refractivity contribution in [3.63, 3.8) is 0 Å². The van der Waals surface area contributed by atoms with Crippen LogP contribution in [0.15, 0.2) is 0 Å². The van der Waals surface area contributed by atoms with Gasteiger partial charge in [0.1, 0.15) is 0 Å². The van der Waals surface area contributed by atoms with Crippen LogP contribution >= 0.6 is 0 Å². The Morgan fingerprint density at radius 1 is 1.32 bits per heavy atom. The molecule has 1 unspecified atom stereocenters. The molecule has 4 heteroatoms. The highest BCUT2D eigenvalue weighted by molar-refractivity contribution is 5.70. The van der Waals surface area contributed by atoms with Crippen LogP contribution in [0.25, 0.3) is 0 Å². The monoisotopic (exact) mass is 271 g/mol. The summed E-state index contributed by atoms with van der Waals surface area (Å²) in [7, 11) is 0. The van der Waals surface area contributed by atoms with Gasteiger partial charge in [-0.2, -0.15) is 0 Å². The summed E-state index contributed by atoms with van der Waals surface area (Å²) in [5, 5.41) is 22.9. The maximum absolute atomic E-state index is 10.9. The molecule has 0 radical (unpaired) electrons. The second kappa shape index (κ2) is 7.25. The van der Waals surface area contributed by atoms with Crippen LogP contribution in [-0.2, 0) is 4.79 Å². The van der Waals surface area contributed by atoms with Crippen LogP contribution in [0.5, 0.6) is 0 Å². The van der Waals surface area contributed by atoms with E-state index in [-0.39, 0.29) is 5.92 Å². The van der Waals surface area contributed by atoms with E-state index in [4.69, 9.17) is 5.11 Å². The van der Waals surface area contributed by atoms with Crippen molar-refractivity contribution in [1.82, 2.24) is 5.32 Å². The second-order valence-electron chi connectivity index (χ2n) is 6.08. The largest absolute Gasteiger partial charge is 0.481 e. The Labute approximate surface area is 116 Å². The lowest BCUT2D eigenvalue weighted by molar-refractivity contribution is -0.144. The number of carboxylic acids is 1. The number of aliphatic hydroxyl groups is 1. The zero-order chi connectivity index (χ0) is 14.5. The Hall–Kier alpha value is -0.610. The van der Waals surface area contributed by atoms with E-state index in [0.717, 1.165) is 12.8 Å². The lowest BCUT2D eigenvalue weighted by Gasteiger charge is -2.36. The molecule has 0 bridgehead atoms. The van der Waals surface area contributed by atoms with Crippen molar-refractivity contribution in [1.29, 1.82) is 0 Å². The third-order valence-electron chi connectivity index (χ3n) is 4.77. The van der Waals surface area contributed by atoms with E-state index >= 15 is 0 Å². The molecule has 0 aromatic heterocycles. The molecule has 0 spiro atoms. The van der Waals surface area contributed by atoms with Gasteiger partial charge in [0.05, 0.1) is 11.5 Å². The summed E-state index contributed by atoms with van der Waals surface area (Å²) < 4.78 is 0. The lowest BCUT2D eigenvalue weighted by atomic mass is 9.78. The van der Waals surface area contributed by atoms with Crippen LogP contribution in [0.2, 0.25) is 0 Å². The van der Waals surface area contributed by atoms with Gasteiger partial charge in [0, 0.05) is 12.6 Å². The standard InChI is InChI=1S/C15H29NO3/c1-4-12(5-2)11(3)16-10-15(19)8-6-13(7-9-15)14(17)18/h11-13,16,19H,4-10H2,1-3H3,(H,17,18). The average Bonchev–Trinajstić information content (AvgIpc) is 2.38. The van der Waals surface area contributed by atoms with Gasteiger partial charge in [-0.3, -0.25) is 4.79 Å². The number of hydrogen-bond donors (Lipinski definition) is 3. The van der Waals surface area contributed by atoms with Crippen molar-refractivity contribution >= 4 is 5.97 Å². The normalized spacial score (nSPS) is 29.4. The van der Waals surface area contributed by atoms with Crippen molar-refractivity contribution in [2.45, 2.75) is 70.9 Å². The van der Waals surface area contributed by atoms with Crippen molar-refractivity contribution in [2.24, 2.45) is 11.8 Å². The molecule has 19 heavy (non-hydrogen) atoms. The quantitative estimate of drug-likeness (QED) is 0.665. The van der Waals surface area contributed by atoms with Crippen molar-refractivity contribution < 1.29 is 15.0 Å². The van der Waals surface area contributed by atoms with Crippen molar-refractivity contribution in [3.8, 4) is 0 Å². The minimum atomic E-state index is -0.722. The minimum absolute atomic E-state index is 0.267. The van der Waals surface area contributed by atoms with Crippen LogP contribution in [-0.4, -0.2) is 34.4 Å². The smallest absolute Gasteiger partial charge is 0.306 e. The van der Waals surface area contributed by atoms with Crippen LogP contribution in [0.4, 0.5) is 0 Å². The van der Waals surface area contributed by atoms with E-state index < -0.39 is 11.6 Å². The molecule has 0 heterocycles. The van der Waals surface area contributed by atoms with Gasteiger partial charge in [-0.25, -0.2) is 0 Å². The first kappa shape index (κ1) is 16.4. The Kier molecular flexibility index (Phi) is 6.27. The zero-order valence-corrected chi connectivity index (χ0v) is 12.5. The van der Waals surface area contributed by atoms with Gasteiger partial charge in [-0.1, -0.05) is 26.7 Å². The molecule has 1 atom stereocenters. The Balaban J connectivity index is 2.39. The zero-order valence-electron chi connectivity index (χ0n) is 12.5. The number of hydrogen-bond acceptors (Lipinski definition) is 3. The molecule has 1 saturated carbocycles. The highest BCUT2D eigenvalue weighted by Gasteiger charge is 2.35. The fraction of sp³-hybridized carbons (Fsp3) is 0.933.